The highest BCUT2D eigenvalue weighted by Crippen LogP contribution is 2.37. The first-order valence-electron chi connectivity index (χ1n) is 17.0. The van der Waals surface area contributed by atoms with Crippen molar-refractivity contribution in [3.05, 3.63) is 58.7 Å². The molecule has 0 saturated carbocycles. The van der Waals surface area contributed by atoms with E-state index in [1.165, 1.54) is 0 Å². The van der Waals surface area contributed by atoms with E-state index in [9.17, 15) is 9.59 Å². The first kappa shape index (κ1) is 37.6. The molecule has 2 aromatic rings. The summed E-state index contributed by atoms with van der Waals surface area (Å²) in [5, 5.41) is 0. The minimum atomic E-state index is -0.774. The summed E-state index contributed by atoms with van der Waals surface area (Å²) in [6, 6.07) is 11.9. The zero-order chi connectivity index (χ0) is 35.5. The summed E-state index contributed by atoms with van der Waals surface area (Å²) in [7, 11) is 0. The summed E-state index contributed by atoms with van der Waals surface area (Å²) >= 11 is 0. The van der Waals surface area contributed by atoms with Crippen LogP contribution in [0.3, 0.4) is 0 Å². The fourth-order valence-electron chi connectivity index (χ4n) is 5.92. The molecule has 0 bridgehead atoms. The summed E-state index contributed by atoms with van der Waals surface area (Å²) in [5.74, 6) is -0.629. The Morgan fingerprint density at radius 2 is 1.21 bits per heavy atom. The predicted molar refractivity (Wildman–Crippen MR) is 183 cm³/mol. The van der Waals surface area contributed by atoms with Crippen LogP contribution >= 0.6 is 0 Å². The van der Waals surface area contributed by atoms with Crippen molar-refractivity contribution < 1.29 is 38.0 Å². The van der Waals surface area contributed by atoms with E-state index in [2.05, 4.69) is 16.7 Å². The van der Waals surface area contributed by atoms with Gasteiger partial charge in [-0.3, -0.25) is 19.4 Å². The van der Waals surface area contributed by atoms with Crippen LogP contribution in [0.1, 0.15) is 105 Å². The normalized spacial score (nSPS) is 17.5. The monoisotopic (exact) mass is 668 g/mol. The smallest absolute Gasteiger partial charge is 0.320 e. The van der Waals surface area contributed by atoms with Crippen LogP contribution in [0.15, 0.2) is 36.4 Å². The molecule has 266 valence electrons. The number of hydrogen-bond acceptors (Lipinski definition) is 10. The number of carbonyl (C=O) groups excluding carboxylic acids is 2. The van der Waals surface area contributed by atoms with Gasteiger partial charge in [0.1, 0.15) is 22.7 Å². The molecule has 0 amide bonds. The van der Waals surface area contributed by atoms with Crippen molar-refractivity contribution in [2.45, 2.75) is 138 Å². The molecule has 0 fully saturated rings. The van der Waals surface area contributed by atoms with Gasteiger partial charge in [-0.1, -0.05) is 43.3 Å². The number of esters is 2. The molecule has 4 rings (SSSR count). The molecule has 0 saturated heterocycles. The van der Waals surface area contributed by atoms with Crippen LogP contribution in [-0.4, -0.2) is 70.2 Å². The first-order valence-corrected chi connectivity index (χ1v) is 17.0. The molecule has 2 aliphatic heterocycles. The Bertz CT molecular complexity index is 1440. The minimum Gasteiger partial charge on any atom is -0.462 e. The highest BCUT2D eigenvalue weighted by Gasteiger charge is 2.33. The molecule has 10 heteroatoms. The number of carbonyl (C=O) groups is 2. The van der Waals surface area contributed by atoms with Gasteiger partial charge in [0.2, 0.25) is 11.6 Å². The Balaban J connectivity index is 1.68. The maximum atomic E-state index is 13.4. The van der Waals surface area contributed by atoms with Gasteiger partial charge in [0, 0.05) is 75.6 Å². The van der Waals surface area contributed by atoms with Gasteiger partial charge < -0.3 is 28.4 Å². The van der Waals surface area contributed by atoms with Gasteiger partial charge in [-0.2, -0.15) is 0 Å². The van der Waals surface area contributed by atoms with Gasteiger partial charge in [-0.25, -0.2) is 0 Å². The van der Waals surface area contributed by atoms with E-state index in [1.54, 1.807) is 0 Å². The van der Waals surface area contributed by atoms with Gasteiger partial charge in [0.05, 0.1) is 26.3 Å². The van der Waals surface area contributed by atoms with Crippen molar-refractivity contribution >= 4 is 11.9 Å². The highest BCUT2D eigenvalue weighted by atomic mass is 16.7. The lowest BCUT2D eigenvalue weighted by molar-refractivity contribution is -0.181. The van der Waals surface area contributed by atoms with E-state index < -0.39 is 22.8 Å². The summed E-state index contributed by atoms with van der Waals surface area (Å²) in [4.78, 5) is 30.9. The van der Waals surface area contributed by atoms with E-state index in [4.69, 9.17) is 28.4 Å². The predicted octanol–water partition coefficient (Wildman–Crippen LogP) is 6.74. The highest BCUT2D eigenvalue weighted by molar-refractivity contribution is 5.72. The van der Waals surface area contributed by atoms with Gasteiger partial charge in [-0.05, 0) is 48.0 Å². The number of nitrogens with zero attached hydrogens (tertiary/aromatic N) is 2. The maximum absolute atomic E-state index is 13.4. The van der Waals surface area contributed by atoms with Crippen molar-refractivity contribution in [3.8, 4) is 11.5 Å². The number of benzene rings is 2. The molecular weight excluding hydrogens is 612 g/mol. The second-order valence-corrected chi connectivity index (χ2v) is 15.7. The van der Waals surface area contributed by atoms with Crippen molar-refractivity contribution in [1.82, 2.24) is 9.80 Å². The molecule has 0 radical (unpaired) electrons. The second kappa shape index (κ2) is 14.7. The van der Waals surface area contributed by atoms with Crippen LogP contribution in [0.5, 0.6) is 11.5 Å². The molecule has 48 heavy (non-hydrogen) atoms. The van der Waals surface area contributed by atoms with Gasteiger partial charge >= 0.3 is 11.9 Å². The lowest BCUT2D eigenvalue weighted by atomic mass is 10.0. The van der Waals surface area contributed by atoms with E-state index in [0.717, 1.165) is 33.8 Å². The molecular formula is C38H56N2O8. The summed E-state index contributed by atoms with van der Waals surface area (Å²) in [6.45, 7) is 23.2. The van der Waals surface area contributed by atoms with Crippen LogP contribution in [0.25, 0.3) is 0 Å². The fraction of sp³-hybridized carbons (Fsp3) is 0.632. The largest absolute Gasteiger partial charge is 0.462 e. The molecule has 0 N–H and O–H groups in total. The van der Waals surface area contributed by atoms with Crippen molar-refractivity contribution in [3.63, 3.8) is 0 Å². The van der Waals surface area contributed by atoms with E-state index >= 15 is 0 Å². The van der Waals surface area contributed by atoms with Crippen molar-refractivity contribution in [2.24, 2.45) is 0 Å². The van der Waals surface area contributed by atoms with Gasteiger partial charge in [0.15, 0.2) is 0 Å². The third-order valence-electron chi connectivity index (χ3n) is 7.95. The number of fused-ring (bicyclic) bond motifs is 2. The molecule has 2 heterocycles. The molecule has 0 aromatic heterocycles. The Kier molecular flexibility index (Phi) is 11.6. The van der Waals surface area contributed by atoms with Gasteiger partial charge in [0.25, 0.3) is 0 Å². The summed E-state index contributed by atoms with van der Waals surface area (Å²) < 4.78 is 36.0. The van der Waals surface area contributed by atoms with Crippen molar-refractivity contribution in [1.29, 1.82) is 0 Å². The van der Waals surface area contributed by atoms with E-state index in [0.29, 0.717) is 39.3 Å². The average molecular weight is 669 g/mol. The quantitative estimate of drug-likeness (QED) is 0.226. The standard InChI is InChI=1S/C38H56N2O8/c1-12-30(40(23-32(42)46-36(5,6)7)20-27-16-14-18-29-25-44-38(10,11)48-34(27)29)21-39(22-31(41)45-35(2,3)4)19-26-15-13-17-28-24-43-37(8,9)47-33(26)28/h13-18,30H,12,19-25H2,1-11H3. The molecule has 10 nitrogen and oxygen atoms in total. The van der Waals surface area contributed by atoms with Crippen LogP contribution in [0.4, 0.5) is 0 Å². The molecule has 0 spiro atoms. The number of hydrogen-bond donors (Lipinski definition) is 0. The number of rotatable bonds is 12. The molecule has 2 aromatic carbocycles. The summed E-state index contributed by atoms with van der Waals surface area (Å²) in [6.07, 6.45) is 0.711. The lowest BCUT2D eigenvalue weighted by Gasteiger charge is -2.38. The third-order valence-corrected chi connectivity index (χ3v) is 7.95. The van der Waals surface area contributed by atoms with E-state index in [-0.39, 0.29) is 31.1 Å². The Labute approximate surface area is 286 Å². The van der Waals surface area contributed by atoms with Crippen LogP contribution in [0.2, 0.25) is 0 Å². The Hall–Kier alpha value is -3.18. The summed E-state index contributed by atoms with van der Waals surface area (Å²) in [5.41, 5.74) is 2.57. The SMILES string of the molecule is CCC(CN(CC(=O)OC(C)(C)C)Cc1cccc2c1OC(C)(C)OC2)N(CC(=O)OC(C)(C)C)Cc1cccc2c1OC(C)(C)OC2. The van der Waals surface area contributed by atoms with Gasteiger partial charge in [-0.15, -0.1) is 0 Å². The van der Waals surface area contributed by atoms with Crippen LogP contribution in [-0.2, 0) is 54.8 Å². The zero-order valence-corrected chi connectivity index (χ0v) is 30.9. The third kappa shape index (κ3) is 10.9. The molecule has 2 aliphatic rings. The zero-order valence-electron chi connectivity index (χ0n) is 30.9. The fourth-order valence-corrected chi connectivity index (χ4v) is 5.92. The maximum Gasteiger partial charge on any atom is 0.320 e. The Morgan fingerprint density at radius 3 is 1.67 bits per heavy atom. The van der Waals surface area contributed by atoms with Crippen LogP contribution in [0, 0.1) is 0 Å². The second-order valence-electron chi connectivity index (χ2n) is 15.7. The van der Waals surface area contributed by atoms with E-state index in [1.807, 2.05) is 106 Å². The lowest BCUT2D eigenvalue weighted by Crippen LogP contribution is -2.48. The average Bonchev–Trinajstić information content (AvgIpc) is 2.93. The molecule has 0 aliphatic carbocycles. The number of ether oxygens (including phenoxy) is 6. The molecule has 1 unspecified atom stereocenters. The van der Waals surface area contributed by atoms with Crippen LogP contribution < -0.4 is 9.47 Å². The minimum absolute atomic E-state index is 0.0625. The topological polar surface area (TPSA) is 96.0 Å². The Morgan fingerprint density at radius 1 is 0.750 bits per heavy atom. The first-order chi connectivity index (χ1) is 22.2. The molecule has 1 atom stereocenters. The van der Waals surface area contributed by atoms with Crippen molar-refractivity contribution in [2.75, 3.05) is 19.6 Å². The number of para-hydroxylation sites is 2.